The molecule has 0 aliphatic carbocycles. The molecule has 1 aliphatic heterocycles. The van der Waals surface area contributed by atoms with E-state index in [1.54, 1.807) is 6.07 Å². The summed E-state index contributed by atoms with van der Waals surface area (Å²) >= 11 is 0. The molecule has 1 saturated heterocycles. The average Bonchev–Trinajstić information content (AvgIpc) is 2.92. The Hall–Kier alpha value is -2.49. The van der Waals surface area contributed by atoms with Gasteiger partial charge >= 0.3 is 0 Å². The number of hydrogen-bond donors (Lipinski definition) is 1. The Morgan fingerprint density at radius 2 is 1.68 bits per heavy atom. The number of amides is 1. The van der Waals surface area contributed by atoms with Crippen LogP contribution < -0.4 is 15.0 Å². The molecule has 0 aromatic heterocycles. The molecule has 0 atom stereocenters. The second-order valence-electron chi connectivity index (χ2n) is 6.30. The van der Waals surface area contributed by atoms with Gasteiger partial charge in [-0.1, -0.05) is 37.1 Å². The number of benzene rings is 2. The molecule has 0 saturated carbocycles. The van der Waals surface area contributed by atoms with Crippen molar-refractivity contribution in [2.45, 2.75) is 32.6 Å². The minimum atomic E-state index is -0.133. The van der Waals surface area contributed by atoms with Gasteiger partial charge in [0.2, 0.25) is 0 Å². The van der Waals surface area contributed by atoms with E-state index in [0.29, 0.717) is 17.9 Å². The SMILES string of the molecule is CCOc1ccccc1C(=O)Nc1ccccc1N1CCCCCC1. The van der Waals surface area contributed by atoms with Crippen LogP contribution >= 0.6 is 0 Å². The first-order valence-electron chi connectivity index (χ1n) is 9.16. The molecule has 4 nitrogen and oxygen atoms in total. The summed E-state index contributed by atoms with van der Waals surface area (Å²) in [4.78, 5) is 15.2. The molecule has 1 amide bonds. The standard InChI is InChI=1S/C21H26N2O2/c1-2-25-20-14-8-5-11-17(20)21(24)22-18-12-6-7-13-19(18)23-15-9-3-4-10-16-23/h5-8,11-14H,2-4,9-10,15-16H2,1H3,(H,22,24). The van der Waals surface area contributed by atoms with Crippen molar-refractivity contribution in [1.82, 2.24) is 0 Å². The third-order valence-corrected chi connectivity index (χ3v) is 4.53. The predicted octanol–water partition coefficient (Wildman–Crippen LogP) is 4.72. The Labute approximate surface area is 149 Å². The van der Waals surface area contributed by atoms with Crippen molar-refractivity contribution in [3.63, 3.8) is 0 Å². The monoisotopic (exact) mass is 338 g/mol. The molecule has 0 spiro atoms. The van der Waals surface area contributed by atoms with Crippen molar-refractivity contribution >= 4 is 17.3 Å². The summed E-state index contributed by atoms with van der Waals surface area (Å²) in [5, 5.41) is 3.08. The number of carbonyl (C=O) groups is 1. The Bertz CT molecular complexity index is 707. The van der Waals surface area contributed by atoms with Crippen LogP contribution in [-0.2, 0) is 0 Å². The summed E-state index contributed by atoms with van der Waals surface area (Å²) in [5.41, 5.74) is 2.53. The molecule has 132 valence electrons. The number of hydrogen-bond acceptors (Lipinski definition) is 3. The van der Waals surface area contributed by atoms with Crippen LogP contribution in [0.4, 0.5) is 11.4 Å². The maximum absolute atomic E-state index is 12.8. The lowest BCUT2D eigenvalue weighted by Crippen LogP contribution is -2.25. The summed E-state index contributed by atoms with van der Waals surface area (Å²) in [6.07, 6.45) is 4.98. The number of ether oxygens (including phenoxy) is 1. The fraction of sp³-hybridized carbons (Fsp3) is 0.381. The smallest absolute Gasteiger partial charge is 0.259 e. The molecule has 0 radical (unpaired) electrons. The van der Waals surface area contributed by atoms with Gasteiger partial charge in [0.1, 0.15) is 5.75 Å². The van der Waals surface area contributed by atoms with Gasteiger partial charge in [-0.2, -0.15) is 0 Å². The number of carbonyl (C=O) groups excluding carboxylic acids is 1. The lowest BCUT2D eigenvalue weighted by molar-refractivity contribution is 0.102. The second-order valence-corrected chi connectivity index (χ2v) is 6.30. The Morgan fingerprint density at radius 1 is 1.00 bits per heavy atom. The van der Waals surface area contributed by atoms with Crippen molar-refractivity contribution in [2.24, 2.45) is 0 Å². The molecule has 2 aromatic rings. The maximum atomic E-state index is 12.8. The number of rotatable bonds is 5. The first kappa shape index (κ1) is 17.3. The van der Waals surface area contributed by atoms with Crippen molar-refractivity contribution in [3.8, 4) is 5.75 Å². The van der Waals surface area contributed by atoms with E-state index in [9.17, 15) is 4.79 Å². The van der Waals surface area contributed by atoms with E-state index in [-0.39, 0.29) is 5.91 Å². The van der Waals surface area contributed by atoms with Crippen molar-refractivity contribution in [3.05, 3.63) is 54.1 Å². The Kier molecular flexibility index (Phi) is 5.94. The number of anilines is 2. The summed E-state index contributed by atoms with van der Waals surface area (Å²) < 4.78 is 5.59. The predicted molar refractivity (Wildman–Crippen MR) is 103 cm³/mol. The van der Waals surface area contributed by atoms with Gasteiger partial charge in [0.25, 0.3) is 5.91 Å². The van der Waals surface area contributed by atoms with Gasteiger partial charge in [0.05, 0.1) is 23.5 Å². The molecule has 2 aromatic carbocycles. The molecule has 1 N–H and O–H groups in total. The van der Waals surface area contributed by atoms with Crippen LogP contribution in [0, 0.1) is 0 Å². The Balaban J connectivity index is 1.82. The zero-order chi connectivity index (χ0) is 17.5. The van der Waals surface area contributed by atoms with E-state index >= 15 is 0 Å². The topological polar surface area (TPSA) is 41.6 Å². The van der Waals surface area contributed by atoms with Crippen LogP contribution in [-0.4, -0.2) is 25.6 Å². The van der Waals surface area contributed by atoms with Crippen molar-refractivity contribution in [2.75, 3.05) is 29.9 Å². The molecule has 1 heterocycles. The molecule has 0 unspecified atom stereocenters. The lowest BCUT2D eigenvalue weighted by atomic mass is 10.1. The van der Waals surface area contributed by atoms with E-state index in [4.69, 9.17) is 4.74 Å². The molecule has 1 fully saturated rings. The Morgan fingerprint density at radius 3 is 2.44 bits per heavy atom. The van der Waals surface area contributed by atoms with Gasteiger partial charge in [0, 0.05) is 13.1 Å². The van der Waals surface area contributed by atoms with Gasteiger partial charge in [-0.25, -0.2) is 0 Å². The molecule has 25 heavy (non-hydrogen) atoms. The van der Waals surface area contributed by atoms with Crippen LogP contribution in [0.25, 0.3) is 0 Å². The highest BCUT2D eigenvalue weighted by atomic mass is 16.5. The largest absolute Gasteiger partial charge is 0.493 e. The van der Waals surface area contributed by atoms with E-state index in [1.165, 1.54) is 25.7 Å². The highest BCUT2D eigenvalue weighted by Gasteiger charge is 2.17. The van der Waals surface area contributed by atoms with E-state index in [1.807, 2.05) is 43.3 Å². The highest BCUT2D eigenvalue weighted by Crippen LogP contribution is 2.29. The first-order chi connectivity index (χ1) is 12.3. The molecular weight excluding hydrogens is 312 g/mol. The van der Waals surface area contributed by atoms with E-state index < -0.39 is 0 Å². The van der Waals surface area contributed by atoms with Crippen LogP contribution in [0.3, 0.4) is 0 Å². The van der Waals surface area contributed by atoms with Gasteiger partial charge < -0.3 is 15.0 Å². The van der Waals surface area contributed by atoms with E-state index in [2.05, 4.69) is 16.3 Å². The molecule has 1 aliphatic rings. The maximum Gasteiger partial charge on any atom is 0.259 e. The van der Waals surface area contributed by atoms with Gasteiger partial charge in [-0.15, -0.1) is 0 Å². The van der Waals surface area contributed by atoms with Gasteiger partial charge in [0.15, 0.2) is 0 Å². The molecule has 3 rings (SSSR count). The van der Waals surface area contributed by atoms with Crippen LogP contribution in [0.15, 0.2) is 48.5 Å². The molecule has 0 bridgehead atoms. The average molecular weight is 338 g/mol. The number of nitrogens with one attached hydrogen (secondary N) is 1. The van der Waals surface area contributed by atoms with Gasteiger partial charge in [-0.3, -0.25) is 4.79 Å². The minimum absolute atomic E-state index is 0.133. The molecule has 4 heteroatoms. The third-order valence-electron chi connectivity index (χ3n) is 4.53. The normalized spacial score (nSPS) is 14.7. The van der Waals surface area contributed by atoms with Crippen LogP contribution in [0.5, 0.6) is 5.75 Å². The summed E-state index contributed by atoms with van der Waals surface area (Å²) in [7, 11) is 0. The van der Waals surface area contributed by atoms with Crippen molar-refractivity contribution < 1.29 is 9.53 Å². The minimum Gasteiger partial charge on any atom is -0.493 e. The molecular formula is C21H26N2O2. The van der Waals surface area contributed by atoms with Crippen molar-refractivity contribution in [1.29, 1.82) is 0 Å². The van der Waals surface area contributed by atoms with Crippen LogP contribution in [0.1, 0.15) is 43.0 Å². The first-order valence-corrected chi connectivity index (χ1v) is 9.16. The summed E-state index contributed by atoms with van der Waals surface area (Å²) in [6, 6.07) is 15.4. The fourth-order valence-electron chi connectivity index (χ4n) is 3.29. The van der Waals surface area contributed by atoms with E-state index in [0.717, 1.165) is 24.5 Å². The number of para-hydroxylation sites is 3. The zero-order valence-corrected chi connectivity index (χ0v) is 14.8. The lowest BCUT2D eigenvalue weighted by Gasteiger charge is -2.25. The zero-order valence-electron chi connectivity index (χ0n) is 14.8. The third kappa shape index (κ3) is 4.32. The van der Waals surface area contributed by atoms with Gasteiger partial charge in [-0.05, 0) is 44.0 Å². The second kappa shape index (κ2) is 8.56. The van der Waals surface area contributed by atoms with Crippen LogP contribution in [0.2, 0.25) is 0 Å². The fourth-order valence-corrected chi connectivity index (χ4v) is 3.29. The summed E-state index contributed by atoms with van der Waals surface area (Å²) in [6.45, 7) is 4.54. The number of nitrogens with zero attached hydrogens (tertiary/aromatic N) is 1. The quantitative estimate of drug-likeness (QED) is 0.858. The highest BCUT2D eigenvalue weighted by molar-refractivity contribution is 6.07. The summed E-state index contributed by atoms with van der Waals surface area (Å²) in [5.74, 6) is 0.487.